The molecule has 0 aliphatic heterocycles. The highest BCUT2D eigenvalue weighted by molar-refractivity contribution is 6.31. The number of amides is 3. The molecule has 0 unspecified atom stereocenters. The van der Waals surface area contributed by atoms with Gasteiger partial charge in [-0.2, -0.15) is 4.99 Å². The Bertz CT molecular complexity index is 2950. The lowest BCUT2D eigenvalue weighted by Gasteiger charge is -2.23. The number of carbonyl (C=O) groups excluding carboxylic acids is 5. The molecule has 2 heterocycles. The normalized spacial score (nSPS) is 10.9. The average Bonchev–Trinajstić information content (AvgIpc) is 3.27. The molecule has 0 spiro atoms. The number of aliphatic imine (C=N–C) groups is 2. The topological polar surface area (TPSA) is 212 Å². The second-order valence-electron chi connectivity index (χ2n) is 14.6. The number of nitrogens with one attached hydrogen (secondary N) is 4. The summed E-state index contributed by atoms with van der Waals surface area (Å²) in [5, 5.41) is 5.38. The molecule has 19 heteroatoms. The summed E-state index contributed by atoms with van der Waals surface area (Å²) in [5.74, 6) is -2.71. The highest BCUT2D eigenvalue weighted by Gasteiger charge is 2.21. The lowest BCUT2D eigenvalue weighted by Crippen LogP contribution is -2.46. The number of aromatic amines is 2. The third-order valence-electron chi connectivity index (χ3n) is 8.98. The number of aryl methyl sites for hydroxylation is 3. The molecule has 0 saturated heterocycles. The Balaban J connectivity index is 0.000000261. The van der Waals surface area contributed by atoms with Crippen LogP contribution in [0.4, 0.5) is 20.4 Å². The Hall–Kier alpha value is -7.89. The number of halogens is 4. The van der Waals surface area contributed by atoms with Gasteiger partial charge in [0.15, 0.2) is 0 Å². The van der Waals surface area contributed by atoms with E-state index in [-0.39, 0.29) is 39.8 Å². The molecule has 15 nitrogen and oxygen atoms in total. The molecule has 6 rings (SSSR count). The fraction of sp³-hybridized carbons (Fsp3) is 0.163. The first-order valence-corrected chi connectivity index (χ1v) is 21.2. The van der Waals surface area contributed by atoms with Crippen LogP contribution in [0.3, 0.4) is 0 Å². The van der Waals surface area contributed by atoms with Crippen molar-refractivity contribution in [2.75, 3.05) is 0 Å². The standard InChI is InChI=1S/C23H20ClFN4O3.C22H19ClFN3O2.C4H6O3/c1-14-6-9-17(10-7-14)22(32)28-23(27-20-4-3-5-21(31)26-20)29(15(2)30)13-16-8-11-19(25)18(24)12-16;1-14-5-9-16(10-6-14)22(29)27-20(25-19-3-2-4-21(28)26-19)12-8-15-7-11-18(24)17(23)13-15;1-3(5)7-4(2)6/h3-12H,13H2,1-2H3,(H2,26,27,28,31,32);2-7,9-11,13H,8,12H2,1H3,(H2,25,26,27,28,29);1-2H3. The predicted octanol–water partition coefficient (Wildman–Crippen LogP) is 8.61. The van der Waals surface area contributed by atoms with E-state index >= 15 is 0 Å². The summed E-state index contributed by atoms with van der Waals surface area (Å²) in [7, 11) is 0. The molecule has 68 heavy (non-hydrogen) atoms. The van der Waals surface area contributed by atoms with Gasteiger partial charge in [0.05, 0.1) is 16.6 Å². The van der Waals surface area contributed by atoms with Gasteiger partial charge in [0, 0.05) is 50.5 Å². The number of amidine groups is 1. The van der Waals surface area contributed by atoms with Gasteiger partial charge in [-0.1, -0.05) is 82.9 Å². The van der Waals surface area contributed by atoms with Crippen LogP contribution in [0.25, 0.3) is 0 Å². The summed E-state index contributed by atoms with van der Waals surface area (Å²) < 4.78 is 30.9. The molecular formula is C49H45Cl2F2N7O8. The van der Waals surface area contributed by atoms with E-state index in [9.17, 15) is 42.3 Å². The fourth-order valence-electron chi connectivity index (χ4n) is 5.67. The number of esters is 2. The zero-order valence-electron chi connectivity index (χ0n) is 37.3. The van der Waals surface area contributed by atoms with E-state index in [0.717, 1.165) is 16.7 Å². The predicted molar refractivity (Wildman–Crippen MR) is 255 cm³/mol. The second kappa shape index (κ2) is 25.7. The van der Waals surface area contributed by atoms with Gasteiger partial charge in [-0.05, 0) is 92.1 Å². The Kier molecular flexibility index (Phi) is 19.9. The molecule has 0 aliphatic rings. The van der Waals surface area contributed by atoms with Gasteiger partial charge in [-0.15, -0.1) is 0 Å². The first kappa shape index (κ1) is 52.7. The smallest absolute Gasteiger partial charge is 0.310 e. The van der Waals surface area contributed by atoms with Gasteiger partial charge in [-0.3, -0.25) is 43.8 Å². The Morgan fingerprint density at radius 1 is 0.618 bits per heavy atom. The highest BCUT2D eigenvalue weighted by atomic mass is 35.5. The minimum atomic E-state index is -0.590. The summed E-state index contributed by atoms with van der Waals surface area (Å²) in [4.78, 5) is 95.7. The number of guanidine groups is 1. The molecule has 6 aromatic rings. The van der Waals surface area contributed by atoms with Crippen LogP contribution in [-0.2, 0) is 32.1 Å². The summed E-state index contributed by atoms with van der Waals surface area (Å²) in [6.07, 6.45) is 0.834. The van der Waals surface area contributed by atoms with Crippen LogP contribution in [0.5, 0.6) is 0 Å². The molecule has 2 aromatic heterocycles. The number of carbonyl (C=O) groups is 5. The van der Waals surface area contributed by atoms with Crippen LogP contribution in [0, 0.1) is 25.5 Å². The fourth-order valence-corrected chi connectivity index (χ4v) is 6.07. The SMILES string of the molecule is CC(=O)N(Cc1ccc(F)c(Cl)c1)C(=Nc1cccc(=O)[nH]1)NC(=O)c1ccc(C)cc1.CC(=O)OC(C)=O.Cc1ccc(C(=O)NC(CCc2ccc(F)c(Cl)c2)=Nc2cccc(=O)[nH]2)cc1. The number of nitrogens with zero attached hydrogens (tertiary/aromatic N) is 3. The van der Waals surface area contributed by atoms with E-state index in [4.69, 9.17) is 23.2 Å². The summed E-state index contributed by atoms with van der Waals surface area (Å²) in [5.41, 5.74) is 3.52. The molecule has 4 aromatic carbocycles. The monoisotopic (exact) mass is 967 g/mol. The summed E-state index contributed by atoms with van der Waals surface area (Å²) in [6, 6.07) is 31.4. The number of benzene rings is 4. The first-order chi connectivity index (χ1) is 32.3. The zero-order chi connectivity index (χ0) is 49.9. The maximum Gasteiger partial charge on any atom is 0.310 e. The molecule has 0 bridgehead atoms. The molecule has 0 atom stereocenters. The van der Waals surface area contributed by atoms with E-state index < -0.39 is 40.9 Å². The minimum absolute atomic E-state index is 0.0390. The Morgan fingerprint density at radius 2 is 1.07 bits per heavy atom. The number of pyridine rings is 2. The van der Waals surface area contributed by atoms with Crippen molar-refractivity contribution in [1.82, 2.24) is 25.5 Å². The molecule has 0 fully saturated rings. The van der Waals surface area contributed by atoms with E-state index in [1.807, 2.05) is 26.0 Å². The van der Waals surface area contributed by atoms with E-state index in [1.165, 1.54) is 74.2 Å². The van der Waals surface area contributed by atoms with Gasteiger partial charge in [-0.25, -0.2) is 13.8 Å². The Morgan fingerprint density at radius 3 is 1.51 bits per heavy atom. The molecule has 4 N–H and O–H groups in total. The van der Waals surface area contributed by atoms with Gasteiger partial charge in [0.25, 0.3) is 11.8 Å². The van der Waals surface area contributed by atoms with Crippen molar-refractivity contribution < 1.29 is 37.5 Å². The third-order valence-corrected chi connectivity index (χ3v) is 9.56. The van der Waals surface area contributed by atoms with Crippen molar-refractivity contribution in [3.63, 3.8) is 0 Å². The van der Waals surface area contributed by atoms with Gasteiger partial charge in [0.1, 0.15) is 29.1 Å². The lowest BCUT2D eigenvalue weighted by molar-refractivity contribution is -0.156. The van der Waals surface area contributed by atoms with Crippen LogP contribution in [0.1, 0.15) is 70.2 Å². The number of ether oxygens (including phenoxy) is 1. The van der Waals surface area contributed by atoms with Crippen LogP contribution in [0.2, 0.25) is 10.0 Å². The minimum Gasteiger partial charge on any atom is -0.394 e. The van der Waals surface area contributed by atoms with Crippen molar-refractivity contribution >= 4 is 76.3 Å². The van der Waals surface area contributed by atoms with Crippen LogP contribution in [-0.4, -0.2) is 56.3 Å². The molecule has 0 radical (unpaired) electrons. The third kappa shape index (κ3) is 17.8. The summed E-state index contributed by atoms with van der Waals surface area (Å²) >= 11 is 11.7. The van der Waals surface area contributed by atoms with Gasteiger partial charge in [0.2, 0.25) is 23.0 Å². The van der Waals surface area contributed by atoms with E-state index in [1.54, 1.807) is 60.7 Å². The first-order valence-electron chi connectivity index (χ1n) is 20.4. The van der Waals surface area contributed by atoms with Crippen LogP contribution >= 0.6 is 23.2 Å². The second-order valence-corrected chi connectivity index (χ2v) is 15.4. The number of rotatable bonds is 9. The lowest BCUT2D eigenvalue weighted by atomic mass is 10.1. The quantitative estimate of drug-likeness (QED) is 0.0476. The number of H-pyrrole nitrogens is 2. The molecule has 0 saturated carbocycles. The van der Waals surface area contributed by atoms with Crippen molar-refractivity contribution in [3.8, 4) is 0 Å². The number of hydrogen-bond donors (Lipinski definition) is 4. The van der Waals surface area contributed by atoms with Crippen molar-refractivity contribution in [2.24, 2.45) is 9.98 Å². The van der Waals surface area contributed by atoms with Crippen molar-refractivity contribution in [3.05, 3.63) is 197 Å². The van der Waals surface area contributed by atoms with E-state index in [2.05, 4.69) is 35.3 Å². The molecular weight excluding hydrogens is 923 g/mol. The maximum absolute atomic E-state index is 13.5. The van der Waals surface area contributed by atoms with Crippen LogP contribution in [0.15, 0.2) is 141 Å². The summed E-state index contributed by atoms with van der Waals surface area (Å²) in [6.45, 7) is 7.45. The van der Waals surface area contributed by atoms with Crippen molar-refractivity contribution in [1.29, 1.82) is 0 Å². The van der Waals surface area contributed by atoms with Gasteiger partial charge >= 0.3 is 11.9 Å². The van der Waals surface area contributed by atoms with Crippen molar-refractivity contribution in [2.45, 2.75) is 54.0 Å². The number of aromatic nitrogens is 2. The molecule has 3 amide bonds. The average molecular weight is 969 g/mol. The zero-order valence-corrected chi connectivity index (χ0v) is 38.8. The van der Waals surface area contributed by atoms with Crippen LogP contribution < -0.4 is 21.8 Å². The highest BCUT2D eigenvalue weighted by Crippen LogP contribution is 2.20. The maximum atomic E-state index is 13.5. The van der Waals surface area contributed by atoms with E-state index in [0.29, 0.717) is 41.2 Å². The number of hydrogen-bond acceptors (Lipinski definition) is 10. The molecule has 352 valence electrons. The molecule has 0 aliphatic carbocycles. The van der Waals surface area contributed by atoms with Gasteiger partial charge < -0.3 is 20.0 Å². The Labute approximate surface area is 398 Å². The largest absolute Gasteiger partial charge is 0.394 e.